The first-order valence-corrected chi connectivity index (χ1v) is 8.23. The van der Waals surface area contributed by atoms with Crippen LogP contribution < -0.4 is 0 Å². The van der Waals surface area contributed by atoms with Crippen LogP contribution in [0.2, 0.25) is 0 Å². The second-order valence-corrected chi connectivity index (χ2v) is 6.40. The SMILES string of the molecule is Oc1ccc2c(Cc3ccccc3)cc3cccc4ccc1c2c43. The lowest BCUT2D eigenvalue weighted by atomic mass is 9.89. The lowest BCUT2D eigenvalue weighted by Crippen LogP contribution is -1.93. The van der Waals surface area contributed by atoms with Crippen molar-refractivity contribution >= 4 is 32.3 Å². The zero-order valence-corrected chi connectivity index (χ0v) is 13.2. The maximum Gasteiger partial charge on any atom is 0.123 e. The van der Waals surface area contributed by atoms with Gasteiger partial charge in [0.2, 0.25) is 0 Å². The van der Waals surface area contributed by atoms with E-state index in [0.29, 0.717) is 5.75 Å². The third kappa shape index (κ3) is 1.88. The summed E-state index contributed by atoms with van der Waals surface area (Å²) in [6.07, 6.45) is 0.894. The lowest BCUT2D eigenvalue weighted by molar-refractivity contribution is 0.482. The molecular formula is C23H16O. The summed E-state index contributed by atoms with van der Waals surface area (Å²) in [5, 5.41) is 17.4. The molecule has 0 radical (unpaired) electrons. The predicted molar refractivity (Wildman–Crippen MR) is 101 cm³/mol. The highest BCUT2D eigenvalue weighted by molar-refractivity contribution is 6.24. The first kappa shape index (κ1) is 13.4. The van der Waals surface area contributed by atoms with Gasteiger partial charge in [0.15, 0.2) is 0 Å². The van der Waals surface area contributed by atoms with Crippen molar-refractivity contribution in [3.63, 3.8) is 0 Å². The van der Waals surface area contributed by atoms with E-state index in [2.05, 4.69) is 60.7 Å². The number of hydrogen-bond donors (Lipinski definition) is 1. The molecule has 1 nitrogen and oxygen atoms in total. The molecule has 0 heterocycles. The van der Waals surface area contributed by atoms with E-state index >= 15 is 0 Å². The van der Waals surface area contributed by atoms with Crippen LogP contribution >= 0.6 is 0 Å². The molecule has 1 N–H and O–H groups in total. The minimum atomic E-state index is 0.353. The zero-order valence-electron chi connectivity index (χ0n) is 13.2. The summed E-state index contributed by atoms with van der Waals surface area (Å²) in [5.74, 6) is 0.353. The summed E-state index contributed by atoms with van der Waals surface area (Å²) < 4.78 is 0. The first-order valence-electron chi connectivity index (χ1n) is 8.23. The number of aromatic hydroxyl groups is 1. The summed E-state index contributed by atoms with van der Waals surface area (Å²) in [5.41, 5.74) is 2.61. The van der Waals surface area contributed by atoms with Gasteiger partial charge in [0.1, 0.15) is 5.75 Å². The number of benzene rings is 5. The zero-order chi connectivity index (χ0) is 16.1. The molecule has 0 aliphatic heterocycles. The van der Waals surface area contributed by atoms with Gasteiger partial charge >= 0.3 is 0 Å². The molecule has 5 rings (SSSR count). The quantitative estimate of drug-likeness (QED) is 0.404. The van der Waals surface area contributed by atoms with Crippen molar-refractivity contribution in [2.75, 3.05) is 0 Å². The minimum Gasteiger partial charge on any atom is -0.507 e. The van der Waals surface area contributed by atoms with Gasteiger partial charge in [0.25, 0.3) is 0 Å². The van der Waals surface area contributed by atoms with Crippen LogP contribution in [0.15, 0.2) is 78.9 Å². The fraction of sp³-hybridized carbons (Fsp3) is 0.0435. The maximum atomic E-state index is 10.3. The average Bonchev–Trinajstić information content (AvgIpc) is 2.62. The van der Waals surface area contributed by atoms with Crippen LogP contribution in [0.1, 0.15) is 11.1 Å². The van der Waals surface area contributed by atoms with E-state index in [4.69, 9.17) is 0 Å². The molecule has 0 saturated carbocycles. The van der Waals surface area contributed by atoms with E-state index in [1.807, 2.05) is 18.2 Å². The van der Waals surface area contributed by atoms with Gasteiger partial charge in [-0.05, 0) is 45.2 Å². The van der Waals surface area contributed by atoms with Crippen molar-refractivity contribution in [3.05, 3.63) is 90.0 Å². The summed E-state index contributed by atoms with van der Waals surface area (Å²) in [4.78, 5) is 0. The topological polar surface area (TPSA) is 20.2 Å². The predicted octanol–water partition coefficient (Wildman–Crippen LogP) is 5.88. The number of phenolic OH excluding ortho intramolecular Hbond substituents is 1. The highest BCUT2D eigenvalue weighted by Gasteiger charge is 2.13. The van der Waals surface area contributed by atoms with Crippen LogP contribution in [0.4, 0.5) is 0 Å². The molecule has 0 saturated heterocycles. The molecule has 0 aromatic heterocycles. The van der Waals surface area contributed by atoms with E-state index in [9.17, 15) is 5.11 Å². The highest BCUT2D eigenvalue weighted by atomic mass is 16.3. The van der Waals surface area contributed by atoms with Gasteiger partial charge in [-0.15, -0.1) is 0 Å². The van der Waals surface area contributed by atoms with Crippen LogP contribution in [0, 0.1) is 0 Å². The van der Waals surface area contributed by atoms with Crippen molar-refractivity contribution < 1.29 is 5.11 Å². The molecule has 0 bridgehead atoms. The van der Waals surface area contributed by atoms with E-state index in [1.165, 1.54) is 38.1 Å². The summed E-state index contributed by atoms with van der Waals surface area (Å²) >= 11 is 0. The van der Waals surface area contributed by atoms with E-state index < -0.39 is 0 Å². The largest absolute Gasteiger partial charge is 0.507 e. The summed E-state index contributed by atoms with van der Waals surface area (Å²) in [7, 11) is 0. The van der Waals surface area contributed by atoms with Gasteiger partial charge in [-0.25, -0.2) is 0 Å². The molecule has 24 heavy (non-hydrogen) atoms. The molecule has 5 aromatic carbocycles. The summed E-state index contributed by atoms with van der Waals surface area (Å²) in [6, 6.07) is 27.3. The summed E-state index contributed by atoms with van der Waals surface area (Å²) in [6.45, 7) is 0. The van der Waals surface area contributed by atoms with Crippen LogP contribution in [0.25, 0.3) is 32.3 Å². The Bertz CT molecular complexity index is 1170. The molecule has 0 aliphatic rings. The van der Waals surface area contributed by atoms with Crippen molar-refractivity contribution in [1.82, 2.24) is 0 Å². The molecule has 1 heteroatoms. The third-order valence-corrected chi connectivity index (χ3v) is 4.94. The van der Waals surface area contributed by atoms with Gasteiger partial charge in [0, 0.05) is 10.8 Å². The molecule has 0 spiro atoms. The van der Waals surface area contributed by atoms with E-state index in [1.54, 1.807) is 0 Å². The molecule has 0 unspecified atom stereocenters. The Labute approximate surface area is 140 Å². The Kier molecular flexibility index (Phi) is 2.77. The molecule has 114 valence electrons. The Morgan fingerprint density at radius 1 is 0.625 bits per heavy atom. The fourth-order valence-electron chi connectivity index (χ4n) is 3.85. The van der Waals surface area contributed by atoms with E-state index in [0.717, 1.165) is 11.8 Å². The van der Waals surface area contributed by atoms with Gasteiger partial charge in [0.05, 0.1) is 0 Å². The molecule has 5 aromatic rings. The number of phenols is 1. The molecule has 0 aliphatic carbocycles. The normalized spacial score (nSPS) is 11.7. The Balaban J connectivity index is 1.90. The third-order valence-electron chi connectivity index (χ3n) is 4.94. The van der Waals surface area contributed by atoms with Crippen LogP contribution in [0.3, 0.4) is 0 Å². The van der Waals surface area contributed by atoms with E-state index in [-0.39, 0.29) is 0 Å². The maximum absolute atomic E-state index is 10.3. The van der Waals surface area contributed by atoms with Crippen LogP contribution in [-0.2, 0) is 6.42 Å². The van der Waals surface area contributed by atoms with Gasteiger partial charge in [-0.1, -0.05) is 72.8 Å². The van der Waals surface area contributed by atoms with Crippen molar-refractivity contribution in [1.29, 1.82) is 0 Å². The molecule has 0 atom stereocenters. The van der Waals surface area contributed by atoms with Crippen LogP contribution in [0.5, 0.6) is 5.75 Å². The average molecular weight is 308 g/mol. The first-order chi connectivity index (χ1) is 11.8. The number of rotatable bonds is 2. The van der Waals surface area contributed by atoms with Crippen molar-refractivity contribution in [3.8, 4) is 5.75 Å². The van der Waals surface area contributed by atoms with Crippen molar-refractivity contribution in [2.45, 2.75) is 6.42 Å². The monoisotopic (exact) mass is 308 g/mol. The fourth-order valence-corrected chi connectivity index (χ4v) is 3.85. The Hall–Kier alpha value is -3.06. The smallest absolute Gasteiger partial charge is 0.123 e. The molecule has 0 fully saturated rings. The molecular weight excluding hydrogens is 292 g/mol. The number of hydrogen-bond acceptors (Lipinski definition) is 1. The standard InChI is InChI=1S/C23H16O/c24-21-12-11-19-18(13-15-5-2-1-3-6-15)14-17-8-4-7-16-9-10-20(21)23(19)22(16)17/h1-12,14,24H,13H2. The Morgan fingerprint density at radius 3 is 2.29 bits per heavy atom. The molecule has 0 amide bonds. The minimum absolute atomic E-state index is 0.353. The van der Waals surface area contributed by atoms with Gasteiger partial charge in [-0.3, -0.25) is 0 Å². The van der Waals surface area contributed by atoms with Gasteiger partial charge < -0.3 is 5.11 Å². The van der Waals surface area contributed by atoms with Crippen LogP contribution in [-0.4, -0.2) is 5.11 Å². The van der Waals surface area contributed by atoms with Crippen molar-refractivity contribution in [2.24, 2.45) is 0 Å². The lowest BCUT2D eigenvalue weighted by Gasteiger charge is -2.15. The highest BCUT2D eigenvalue weighted by Crippen LogP contribution is 2.40. The Morgan fingerprint density at radius 2 is 1.42 bits per heavy atom. The second kappa shape index (κ2) is 4.97. The van der Waals surface area contributed by atoms with Gasteiger partial charge in [-0.2, -0.15) is 0 Å². The second-order valence-electron chi connectivity index (χ2n) is 6.40.